The second kappa shape index (κ2) is 7.06. The van der Waals surface area contributed by atoms with Crippen molar-refractivity contribution in [3.63, 3.8) is 0 Å². The van der Waals surface area contributed by atoms with Crippen LogP contribution >= 0.6 is 0 Å². The number of nitrogens with zero attached hydrogens (tertiary/aromatic N) is 2. The van der Waals surface area contributed by atoms with Crippen LogP contribution < -0.4 is 10.1 Å². The number of benzene rings is 2. The number of anilines is 1. The highest BCUT2D eigenvalue weighted by atomic mass is 16.6. The van der Waals surface area contributed by atoms with E-state index in [-0.39, 0.29) is 23.5 Å². The number of para-hydroxylation sites is 2. The summed E-state index contributed by atoms with van der Waals surface area (Å²) in [6.45, 7) is 5.65. The number of hydrogen-bond acceptors (Lipinski definition) is 6. The molecule has 0 aliphatic heterocycles. The molecule has 0 fully saturated rings. The zero-order chi connectivity index (χ0) is 19.6. The van der Waals surface area contributed by atoms with Gasteiger partial charge in [-0.05, 0) is 24.3 Å². The summed E-state index contributed by atoms with van der Waals surface area (Å²) in [5, 5.41) is 13.6. The molecule has 0 saturated heterocycles. The number of ether oxygens (including phenoxy) is 1. The number of amides is 1. The van der Waals surface area contributed by atoms with Crippen LogP contribution in [0.3, 0.4) is 0 Å². The lowest BCUT2D eigenvalue weighted by Gasteiger charge is -2.11. The summed E-state index contributed by atoms with van der Waals surface area (Å²) in [6.07, 6.45) is 0. The summed E-state index contributed by atoms with van der Waals surface area (Å²) in [5.41, 5.74) is 1.39. The van der Waals surface area contributed by atoms with Gasteiger partial charge in [-0.2, -0.15) is 0 Å². The second-order valence-electron chi connectivity index (χ2n) is 7.01. The molecule has 0 unspecified atom stereocenters. The van der Waals surface area contributed by atoms with Gasteiger partial charge < -0.3 is 14.5 Å². The zero-order valence-electron chi connectivity index (χ0n) is 15.2. The van der Waals surface area contributed by atoms with E-state index in [2.05, 4.69) is 10.3 Å². The van der Waals surface area contributed by atoms with Gasteiger partial charge in [0.15, 0.2) is 17.9 Å². The van der Waals surface area contributed by atoms with E-state index in [1.165, 1.54) is 18.2 Å². The van der Waals surface area contributed by atoms with Gasteiger partial charge in [-0.15, -0.1) is 0 Å². The smallest absolute Gasteiger partial charge is 0.310 e. The maximum atomic E-state index is 12.1. The molecule has 3 rings (SSSR count). The average Bonchev–Trinajstić information content (AvgIpc) is 3.04. The molecule has 0 spiro atoms. The first-order valence-corrected chi connectivity index (χ1v) is 8.31. The second-order valence-corrected chi connectivity index (χ2v) is 7.01. The van der Waals surface area contributed by atoms with E-state index in [1.54, 1.807) is 24.3 Å². The summed E-state index contributed by atoms with van der Waals surface area (Å²) >= 11 is 0. The van der Waals surface area contributed by atoms with Crippen molar-refractivity contribution in [2.75, 3.05) is 11.9 Å². The first-order chi connectivity index (χ1) is 12.7. The zero-order valence-corrected chi connectivity index (χ0v) is 15.2. The first-order valence-electron chi connectivity index (χ1n) is 8.31. The minimum absolute atomic E-state index is 0.0411. The molecule has 3 aromatic rings. The molecular weight excluding hydrogens is 350 g/mol. The van der Waals surface area contributed by atoms with E-state index < -0.39 is 10.8 Å². The monoisotopic (exact) mass is 369 g/mol. The molecule has 0 aliphatic rings. The molecule has 1 aromatic heterocycles. The highest BCUT2D eigenvalue weighted by Gasteiger charge is 2.21. The third-order valence-electron chi connectivity index (χ3n) is 3.73. The highest BCUT2D eigenvalue weighted by Crippen LogP contribution is 2.28. The van der Waals surface area contributed by atoms with Crippen LogP contribution in [-0.2, 0) is 10.2 Å². The van der Waals surface area contributed by atoms with E-state index in [4.69, 9.17) is 9.15 Å². The Morgan fingerprint density at radius 1 is 1.26 bits per heavy atom. The van der Waals surface area contributed by atoms with Gasteiger partial charge in [0, 0.05) is 17.2 Å². The third kappa shape index (κ3) is 4.22. The summed E-state index contributed by atoms with van der Waals surface area (Å²) in [4.78, 5) is 27.0. The number of carbonyl (C=O) groups is 1. The number of nitro groups is 1. The Morgan fingerprint density at radius 3 is 2.70 bits per heavy atom. The molecular formula is C19H19N3O5. The quantitative estimate of drug-likeness (QED) is 0.537. The Morgan fingerprint density at radius 2 is 2.00 bits per heavy atom. The molecule has 2 aromatic carbocycles. The Labute approximate surface area is 155 Å². The minimum Gasteiger partial charge on any atom is -0.477 e. The largest absolute Gasteiger partial charge is 0.477 e. The molecule has 1 amide bonds. The molecule has 8 heteroatoms. The van der Waals surface area contributed by atoms with Gasteiger partial charge >= 0.3 is 5.69 Å². The van der Waals surface area contributed by atoms with Crippen molar-refractivity contribution in [2.24, 2.45) is 0 Å². The summed E-state index contributed by atoms with van der Waals surface area (Å²) in [6, 6.07) is 11.0. The van der Waals surface area contributed by atoms with E-state index >= 15 is 0 Å². The Hall–Kier alpha value is -3.42. The Kier molecular flexibility index (Phi) is 4.81. The predicted molar refractivity (Wildman–Crippen MR) is 99.9 cm³/mol. The average molecular weight is 369 g/mol. The van der Waals surface area contributed by atoms with Crippen molar-refractivity contribution in [1.82, 2.24) is 4.98 Å². The van der Waals surface area contributed by atoms with E-state index in [9.17, 15) is 14.9 Å². The SMILES string of the molecule is CC(C)(C)c1nc2cc(NC(=O)COc3ccccc3[N+](=O)[O-])ccc2o1. The topological polar surface area (TPSA) is 108 Å². The van der Waals surface area contributed by atoms with Crippen molar-refractivity contribution in [3.8, 4) is 5.75 Å². The number of aromatic nitrogens is 1. The van der Waals surface area contributed by atoms with Crippen LogP contribution in [0.5, 0.6) is 5.75 Å². The first kappa shape index (κ1) is 18.4. The van der Waals surface area contributed by atoms with Crippen LogP contribution in [0.15, 0.2) is 46.9 Å². The number of carbonyl (C=O) groups excluding carboxylic acids is 1. The van der Waals surface area contributed by atoms with E-state index in [1.807, 2.05) is 20.8 Å². The minimum atomic E-state index is -0.557. The van der Waals surface area contributed by atoms with Crippen molar-refractivity contribution in [3.05, 3.63) is 58.5 Å². The van der Waals surface area contributed by atoms with Crippen molar-refractivity contribution in [1.29, 1.82) is 0 Å². The highest BCUT2D eigenvalue weighted by molar-refractivity contribution is 5.93. The number of rotatable bonds is 5. The van der Waals surface area contributed by atoms with Gasteiger partial charge in [0.05, 0.1) is 4.92 Å². The fourth-order valence-corrected chi connectivity index (χ4v) is 2.40. The summed E-state index contributed by atoms with van der Waals surface area (Å²) in [7, 11) is 0. The molecule has 0 atom stereocenters. The molecule has 140 valence electrons. The summed E-state index contributed by atoms with van der Waals surface area (Å²) < 4.78 is 11.0. The van der Waals surface area contributed by atoms with Gasteiger partial charge in [0.1, 0.15) is 5.52 Å². The number of hydrogen-bond donors (Lipinski definition) is 1. The third-order valence-corrected chi connectivity index (χ3v) is 3.73. The molecule has 0 radical (unpaired) electrons. The van der Waals surface area contributed by atoms with E-state index in [0.717, 1.165) is 0 Å². The van der Waals surface area contributed by atoms with Crippen LogP contribution in [0.2, 0.25) is 0 Å². The molecule has 0 bridgehead atoms. The Bertz CT molecular complexity index is 1000. The van der Waals surface area contributed by atoms with Crippen LogP contribution in [0.25, 0.3) is 11.1 Å². The lowest BCUT2D eigenvalue weighted by Crippen LogP contribution is -2.20. The normalized spacial score (nSPS) is 11.4. The summed E-state index contributed by atoms with van der Waals surface area (Å²) in [5.74, 6) is 0.215. The van der Waals surface area contributed by atoms with Crippen LogP contribution in [0.4, 0.5) is 11.4 Å². The lowest BCUT2D eigenvalue weighted by molar-refractivity contribution is -0.385. The van der Waals surface area contributed by atoms with E-state index in [0.29, 0.717) is 22.7 Å². The standard InChI is InChI=1S/C19H19N3O5/c1-19(2,3)18-21-13-10-12(8-9-15(13)27-18)20-17(23)11-26-16-7-5-4-6-14(16)22(24)25/h4-10H,11H2,1-3H3,(H,20,23). The fraction of sp³-hybridized carbons (Fsp3) is 0.263. The Balaban J connectivity index is 1.68. The molecule has 0 aliphatic carbocycles. The number of fused-ring (bicyclic) bond motifs is 1. The number of oxazole rings is 1. The van der Waals surface area contributed by atoms with Crippen molar-refractivity contribution >= 4 is 28.4 Å². The van der Waals surface area contributed by atoms with Crippen LogP contribution in [0, 0.1) is 10.1 Å². The number of nitrogens with one attached hydrogen (secondary N) is 1. The molecule has 8 nitrogen and oxygen atoms in total. The fourth-order valence-electron chi connectivity index (χ4n) is 2.40. The maximum Gasteiger partial charge on any atom is 0.310 e. The van der Waals surface area contributed by atoms with Crippen molar-refractivity contribution < 1.29 is 18.9 Å². The van der Waals surface area contributed by atoms with Crippen LogP contribution in [0.1, 0.15) is 26.7 Å². The molecule has 1 N–H and O–H groups in total. The van der Waals surface area contributed by atoms with Crippen molar-refractivity contribution in [2.45, 2.75) is 26.2 Å². The van der Waals surface area contributed by atoms with Gasteiger partial charge in [-0.25, -0.2) is 4.98 Å². The number of nitro benzene ring substituents is 1. The van der Waals surface area contributed by atoms with Crippen LogP contribution in [-0.4, -0.2) is 22.4 Å². The molecule has 27 heavy (non-hydrogen) atoms. The van der Waals surface area contributed by atoms with Gasteiger partial charge in [-0.1, -0.05) is 32.9 Å². The lowest BCUT2D eigenvalue weighted by atomic mass is 9.97. The maximum absolute atomic E-state index is 12.1. The van der Waals surface area contributed by atoms with Gasteiger partial charge in [0.2, 0.25) is 5.89 Å². The van der Waals surface area contributed by atoms with Gasteiger partial charge in [-0.3, -0.25) is 14.9 Å². The van der Waals surface area contributed by atoms with Gasteiger partial charge in [0.25, 0.3) is 5.91 Å². The predicted octanol–water partition coefficient (Wildman–Crippen LogP) is 4.05. The molecule has 0 saturated carbocycles. The molecule has 1 heterocycles.